The normalized spacial score (nSPS) is 44.6. The first-order valence-electron chi connectivity index (χ1n) is 2.82. The van der Waals surface area contributed by atoms with E-state index in [1.807, 2.05) is 0 Å². The molecular weight excluding hydrogens is 84.1 g/mol. The summed E-state index contributed by atoms with van der Waals surface area (Å²) >= 11 is 0. The molecule has 1 fully saturated rings. The predicted octanol–water partition coefficient (Wildman–Crippen LogP) is 1.60. The fourth-order valence-electron chi connectivity index (χ4n) is 1.31. The Labute approximate surface area is 44.2 Å². The van der Waals surface area contributed by atoms with Gasteiger partial charge in [0.2, 0.25) is 0 Å². The number of hydrogen-bond acceptors (Lipinski definition) is 0. The Balaban J connectivity index is 2.27. The maximum absolute atomic E-state index is 2.39. The van der Waals surface area contributed by atoms with Crippen LogP contribution in [0, 0.1) is 24.7 Å². The number of allylic oxidation sites excluding steroid dienone is 2. The highest BCUT2D eigenvalue weighted by atomic mass is 14.3. The number of rotatable bonds is 0. The molecule has 0 nitrogen and oxygen atoms in total. The molecule has 0 saturated heterocycles. The zero-order valence-corrected chi connectivity index (χ0v) is 4.17. The van der Waals surface area contributed by atoms with Crippen LogP contribution in [0.2, 0.25) is 0 Å². The molecular formula is C7H8+. The molecule has 1 saturated carbocycles. The third-order valence-electron chi connectivity index (χ3n) is 1.73. The molecule has 0 heteroatoms. The van der Waals surface area contributed by atoms with Gasteiger partial charge in [-0.2, -0.15) is 0 Å². The van der Waals surface area contributed by atoms with Crippen LogP contribution < -0.4 is 0 Å². The Morgan fingerprint density at radius 3 is 2.57 bits per heavy atom. The van der Waals surface area contributed by atoms with Gasteiger partial charge in [-0.3, -0.25) is 0 Å². The highest BCUT2D eigenvalue weighted by Gasteiger charge is 2.35. The fraction of sp³-hybridized carbons (Fsp3) is 0.429. The summed E-state index contributed by atoms with van der Waals surface area (Å²) < 4.78 is 0. The molecule has 2 rings (SSSR count). The Kier molecular flexibility index (Phi) is 0.543. The van der Waals surface area contributed by atoms with E-state index in [-0.39, 0.29) is 0 Å². The minimum Gasteiger partial charge on any atom is -0.0368 e. The molecule has 0 aromatic carbocycles. The third kappa shape index (κ3) is 0.395. The summed E-state index contributed by atoms with van der Waals surface area (Å²) in [4.78, 5) is 0. The van der Waals surface area contributed by atoms with Crippen LogP contribution in [0.1, 0.15) is 6.42 Å². The van der Waals surface area contributed by atoms with Crippen molar-refractivity contribution < 1.29 is 0 Å². The molecule has 2 bridgehead atoms. The van der Waals surface area contributed by atoms with Crippen molar-refractivity contribution >= 4 is 0 Å². The Morgan fingerprint density at radius 1 is 1.43 bits per heavy atom. The van der Waals surface area contributed by atoms with Gasteiger partial charge in [0.15, 0.2) is 0 Å². The van der Waals surface area contributed by atoms with E-state index < -0.39 is 0 Å². The van der Waals surface area contributed by atoms with E-state index in [2.05, 4.69) is 25.0 Å². The van der Waals surface area contributed by atoms with Gasteiger partial charge >= 0.3 is 0 Å². The van der Waals surface area contributed by atoms with Crippen molar-refractivity contribution in [2.24, 2.45) is 11.8 Å². The van der Waals surface area contributed by atoms with Crippen molar-refractivity contribution in [1.82, 2.24) is 0 Å². The zero-order chi connectivity index (χ0) is 4.69. The largest absolute Gasteiger partial charge is 0.120 e. The summed E-state index contributed by atoms with van der Waals surface area (Å²) in [7, 11) is 0. The molecule has 0 heterocycles. The third-order valence-corrected chi connectivity index (χ3v) is 1.73. The lowest BCUT2D eigenvalue weighted by molar-refractivity contribution is 0.827. The first-order valence-corrected chi connectivity index (χ1v) is 2.82. The van der Waals surface area contributed by atoms with Crippen LogP contribution in [0.5, 0.6) is 0 Å². The summed E-state index contributed by atoms with van der Waals surface area (Å²) in [5.41, 5.74) is 0. The molecule has 0 N–H and O–H groups in total. The van der Waals surface area contributed by atoms with Crippen LogP contribution in [0.25, 0.3) is 0 Å². The maximum Gasteiger partial charge on any atom is 0.120 e. The summed E-state index contributed by atoms with van der Waals surface area (Å²) in [6, 6.07) is 0. The molecule has 1 radical (unpaired) electrons. The van der Waals surface area contributed by atoms with Gasteiger partial charge < -0.3 is 0 Å². The number of hydrogen-bond donors (Lipinski definition) is 0. The van der Waals surface area contributed by atoms with Gasteiger partial charge in [-0.25, -0.2) is 0 Å². The van der Waals surface area contributed by atoms with Gasteiger partial charge in [0.05, 0.1) is 6.42 Å². The summed E-state index contributed by atoms with van der Waals surface area (Å²) in [5, 5.41) is 0. The monoisotopic (exact) mass is 92.1 g/mol. The lowest BCUT2D eigenvalue weighted by Crippen LogP contribution is -1.83. The van der Waals surface area contributed by atoms with E-state index in [4.69, 9.17) is 0 Å². The molecule has 0 aromatic heterocycles. The molecule has 2 aliphatic carbocycles. The molecule has 2 aliphatic rings. The van der Waals surface area contributed by atoms with Gasteiger partial charge in [-0.05, 0) is 12.2 Å². The number of fused-ring (bicyclic) bond motifs is 2. The quantitative estimate of drug-likeness (QED) is 0.314. The molecule has 0 spiro atoms. The average Bonchev–Trinajstić information content (AvgIpc) is 2.22. The van der Waals surface area contributed by atoms with Crippen LogP contribution in [-0.4, -0.2) is 0 Å². The first-order chi connectivity index (χ1) is 3.45. The molecule has 0 aliphatic heterocycles. The van der Waals surface area contributed by atoms with Gasteiger partial charge in [0.25, 0.3) is 0 Å². The molecule has 0 amide bonds. The van der Waals surface area contributed by atoms with E-state index in [0.717, 1.165) is 11.8 Å². The van der Waals surface area contributed by atoms with Gasteiger partial charge in [-0.15, -0.1) is 0 Å². The SMILES string of the molecule is [CH]1CC2C=CC1[CH+]2. The smallest absolute Gasteiger partial charge is 0.0368 e. The van der Waals surface area contributed by atoms with Crippen molar-refractivity contribution in [1.29, 1.82) is 0 Å². The van der Waals surface area contributed by atoms with E-state index >= 15 is 0 Å². The lowest BCUT2D eigenvalue weighted by Gasteiger charge is -1.88. The highest BCUT2D eigenvalue weighted by Crippen LogP contribution is 2.36. The second-order valence-corrected chi connectivity index (χ2v) is 2.29. The van der Waals surface area contributed by atoms with Crippen LogP contribution in [0.4, 0.5) is 0 Å². The standard InChI is InChI=1S/C7H8/c1-2-7-4-3-6(1)5-7/h1-3,5-7H,4H2/q+1. The van der Waals surface area contributed by atoms with E-state index in [0.29, 0.717) is 0 Å². The van der Waals surface area contributed by atoms with Crippen LogP contribution >= 0.6 is 0 Å². The minimum atomic E-state index is 0.741. The topological polar surface area (TPSA) is 0 Å². The Hall–Kier alpha value is -0.390. The van der Waals surface area contributed by atoms with E-state index in [9.17, 15) is 0 Å². The molecule has 35 valence electrons. The van der Waals surface area contributed by atoms with Crippen molar-refractivity contribution in [2.45, 2.75) is 6.42 Å². The summed E-state index contributed by atoms with van der Waals surface area (Å²) in [6.07, 6.45) is 10.6. The van der Waals surface area contributed by atoms with E-state index in [1.54, 1.807) is 0 Å². The van der Waals surface area contributed by atoms with Crippen molar-refractivity contribution in [3.05, 3.63) is 25.0 Å². The maximum atomic E-state index is 2.39. The van der Waals surface area contributed by atoms with E-state index in [1.165, 1.54) is 6.42 Å². The first kappa shape index (κ1) is 3.59. The predicted molar refractivity (Wildman–Crippen MR) is 29.3 cm³/mol. The van der Waals surface area contributed by atoms with Gasteiger partial charge in [0.1, 0.15) is 11.8 Å². The van der Waals surface area contributed by atoms with Crippen molar-refractivity contribution in [2.75, 3.05) is 0 Å². The zero-order valence-electron chi connectivity index (χ0n) is 4.17. The highest BCUT2D eigenvalue weighted by molar-refractivity contribution is 5.22. The molecule has 0 aromatic rings. The van der Waals surface area contributed by atoms with Crippen LogP contribution in [0.3, 0.4) is 0 Å². The fourth-order valence-corrected chi connectivity index (χ4v) is 1.31. The van der Waals surface area contributed by atoms with Gasteiger partial charge in [0, 0.05) is 12.8 Å². The second kappa shape index (κ2) is 1.06. The minimum absolute atomic E-state index is 0.741. The summed E-state index contributed by atoms with van der Waals surface area (Å²) in [5.74, 6) is 1.55. The summed E-state index contributed by atoms with van der Waals surface area (Å²) in [6.45, 7) is 0. The molecule has 2 atom stereocenters. The van der Waals surface area contributed by atoms with Crippen LogP contribution in [-0.2, 0) is 0 Å². The van der Waals surface area contributed by atoms with Crippen molar-refractivity contribution in [3.63, 3.8) is 0 Å². The van der Waals surface area contributed by atoms with Gasteiger partial charge in [-0.1, -0.05) is 0 Å². The second-order valence-electron chi connectivity index (χ2n) is 2.29. The Bertz CT molecular complexity index is 90.6. The molecule has 2 unspecified atom stereocenters. The lowest BCUT2D eigenvalue weighted by atomic mass is 10.1. The van der Waals surface area contributed by atoms with Crippen LogP contribution in [0.15, 0.2) is 12.2 Å². The average molecular weight is 92.1 g/mol. The molecule has 7 heavy (non-hydrogen) atoms. The van der Waals surface area contributed by atoms with Crippen molar-refractivity contribution in [3.8, 4) is 0 Å². The Morgan fingerprint density at radius 2 is 2.43 bits per heavy atom.